The van der Waals surface area contributed by atoms with Gasteiger partial charge in [-0.25, -0.2) is 17.2 Å². The molecule has 0 unspecified atom stereocenters. The zero-order valence-electron chi connectivity index (χ0n) is 17.9. The summed E-state index contributed by atoms with van der Waals surface area (Å²) < 4.78 is 56.2. The number of carbonyl (C=O) groups is 1. The van der Waals surface area contributed by atoms with Gasteiger partial charge in [-0.15, -0.1) is 0 Å². The fraction of sp³-hybridized carbons (Fsp3) is 0.208. The Morgan fingerprint density at radius 3 is 2.16 bits per heavy atom. The summed E-state index contributed by atoms with van der Waals surface area (Å²) in [7, 11) is -4.08. The minimum Gasteiger partial charge on any atom is -0.322 e. The molecule has 0 bridgehead atoms. The summed E-state index contributed by atoms with van der Waals surface area (Å²) in [5.41, 5.74) is 2.50. The second kappa shape index (κ2) is 9.58. The molecular weight excluding hydrogens is 434 g/mol. The van der Waals surface area contributed by atoms with Crippen molar-refractivity contribution in [1.29, 1.82) is 0 Å². The summed E-state index contributed by atoms with van der Waals surface area (Å²) in [5.74, 6) is -2.50. The molecule has 0 aliphatic carbocycles. The van der Waals surface area contributed by atoms with E-state index in [4.69, 9.17) is 0 Å². The summed E-state index contributed by atoms with van der Waals surface area (Å²) in [5, 5.41) is 2.36. The Hall–Kier alpha value is -3.10. The van der Waals surface area contributed by atoms with E-state index in [9.17, 15) is 22.0 Å². The van der Waals surface area contributed by atoms with Gasteiger partial charge in [0.25, 0.3) is 0 Å². The maximum atomic E-state index is 14.1. The Morgan fingerprint density at radius 1 is 0.938 bits per heavy atom. The van der Waals surface area contributed by atoms with E-state index in [0.29, 0.717) is 22.8 Å². The Bertz CT molecular complexity index is 1220. The number of carbonyl (C=O) groups excluding carboxylic acids is 1. The topological polar surface area (TPSA) is 75.3 Å². The minimum absolute atomic E-state index is 0.0404. The first-order valence-electron chi connectivity index (χ1n) is 9.97. The molecule has 3 aromatic carbocycles. The predicted octanol–water partition coefficient (Wildman–Crippen LogP) is 4.42. The summed E-state index contributed by atoms with van der Waals surface area (Å²) >= 11 is 0. The second-order valence-electron chi connectivity index (χ2n) is 7.70. The first-order chi connectivity index (χ1) is 15.1. The van der Waals surface area contributed by atoms with E-state index in [0.717, 1.165) is 17.7 Å². The van der Waals surface area contributed by atoms with E-state index in [1.54, 1.807) is 56.3 Å². The number of nitrogens with one attached hydrogen (secondary N) is 2. The van der Waals surface area contributed by atoms with Crippen LogP contribution in [-0.4, -0.2) is 20.4 Å². The van der Waals surface area contributed by atoms with Gasteiger partial charge in [0.15, 0.2) is 0 Å². The van der Waals surface area contributed by atoms with Gasteiger partial charge >= 0.3 is 0 Å². The molecule has 0 spiro atoms. The molecule has 3 aromatic rings. The van der Waals surface area contributed by atoms with Crippen molar-refractivity contribution in [3.8, 4) is 0 Å². The van der Waals surface area contributed by atoms with Crippen LogP contribution >= 0.6 is 0 Å². The van der Waals surface area contributed by atoms with Gasteiger partial charge in [0.05, 0.1) is 10.6 Å². The molecule has 0 saturated carbocycles. The van der Waals surface area contributed by atoms with E-state index < -0.39 is 33.6 Å². The van der Waals surface area contributed by atoms with E-state index in [1.807, 2.05) is 6.92 Å². The predicted molar refractivity (Wildman–Crippen MR) is 120 cm³/mol. The van der Waals surface area contributed by atoms with Gasteiger partial charge in [0.2, 0.25) is 15.9 Å². The number of aryl methyl sites for hydroxylation is 3. The van der Waals surface area contributed by atoms with Gasteiger partial charge in [-0.3, -0.25) is 4.79 Å². The van der Waals surface area contributed by atoms with Crippen LogP contribution in [0, 0.1) is 32.4 Å². The lowest BCUT2D eigenvalue weighted by molar-refractivity contribution is -0.117. The van der Waals surface area contributed by atoms with Crippen molar-refractivity contribution in [2.45, 2.75) is 38.1 Å². The van der Waals surface area contributed by atoms with Crippen molar-refractivity contribution in [3.63, 3.8) is 0 Å². The lowest BCUT2D eigenvalue weighted by Gasteiger charge is -2.21. The lowest BCUT2D eigenvalue weighted by Crippen LogP contribution is -2.45. The van der Waals surface area contributed by atoms with E-state index in [-0.39, 0.29) is 17.0 Å². The van der Waals surface area contributed by atoms with Gasteiger partial charge in [0, 0.05) is 6.07 Å². The molecule has 0 radical (unpaired) electrons. The molecule has 0 fully saturated rings. The highest BCUT2D eigenvalue weighted by Crippen LogP contribution is 2.23. The summed E-state index contributed by atoms with van der Waals surface area (Å²) in [6.07, 6.45) is 0.0404. The first kappa shape index (κ1) is 23.6. The molecule has 168 valence electrons. The fourth-order valence-corrected chi connectivity index (χ4v) is 5.33. The maximum absolute atomic E-state index is 14.1. The molecule has 1 amide bonds. The van der Waals surface area contributed by atoms with Gasteiger partial charge in [-0.1, -0.05) is 48.0 Å². The van der Waals surface area contributed by atoms with Crippen LogP contribution in [0.4, 0.5) is 14.5 Å². The highest BCUT2D eigenvalue weighted by atomic mass is 32.2. The second-order valence-corrected chi connectivity index (χ2v) is 9.36. The van der Waals surface area contributed by atoms with E-state index >= 15 is 0 Å². The zero-order valence-corrected chi connectivity index (χ0v) is 18.8. The minimum atomic E-state index is -4.08. The summed E-state index contributed by atoms with van der Waals surface area (Å²) in [6.45, 7) is 5.25. The zero-order chi connectivity index (χ0) is 23.5. The Labute approximate surface area is 186 Å². The third-order valence-corrected chi connectivity index (χ3v) is 6.74. The molecule has 32 heavy (non-hydrogen) atoms. The highest BCUT2D eigenvalue weighted by Gasteiger charge is 2.29. The number of benzene rings is 3. The number of sulfonamides is 1. The third-order valence-electron chi connectivity index (χ3n) is 4.96. The van der Waals surface area contributed by atoms with Crippen molar-refractivity contribution in [2.24, 2.45) is 0 Å². The molecule has 0 aliphatic rings. The van der Waals surface area contributed by atoms with Crippen molar-refractivity contribution >= 4 is 21.6 Å². The van der Waals surface area contributed by atoms with E-state index in [2.05, 4.69) is 10.0 Å². The standard InChI is InChI=1S/C24H24F2N2O3S/c1-15-11-16(2)23(17(3)12-15)32(30,31)28-22(13-18-7-5-4-6-8-18)24(29)27-21-10-9-19(25)14-20(21)26/h4-12,14,22,28H,13H2,1-3H3,(H,27,29)/t22-/m0/s1. The van der Waals surface area contributed by atoms with Gasteiger partial charge in [0.1, 0.15) is 17.7 Å². The molecule has 0 saturated heterocycles. The van der Waals surface area contributed by atoms with Crippen LogP contribution in [0.25, 0.3) is 0 Å². The van der Waals surface area contributed by atoms with Crippen LogP contribution < -0.4 is 10.0 Å². The molecule has 8 heteroatoms. The number of anilines is 1. The average molecular weight is 459 g/mol. The number of hydrogen-bond acceptors (Lipinski definition) is 3. The van der Waals surface area contributed by atoms with Crippen LogP contribution in [0.15, 0.2) is 65.6 Å². The largest absolute Gasteiger partial charge is 0.322 e. The first-order valence-corrected chi connectivity index (χ1v) is 11.4. The highest BCUT2D eigenvalue weighted by molar-refractivity contribution is 7.89. The molecule has 0 heterocycles. The van der Waals surface area contributed by atoms with Gasteiger partial charge < -0.3 is 5.32 Å². The monoisotopic (exact) mass is 458 g/mol. The molecule has 2 N–H and O–H groups in total. The van der Waals surface area contributed by atoms with Crippen molar-refractivity contribution < 1.29 is 22.0 Å². The van der Waals surface area contributed by atoms with Crippen molar-refractivity contribution in [2.75, 3.05) is 5.32 Å². The SMILES string of the molecule is Cc1cc(C)c(S(=O)(=O)N[C@@H](Cc2ccccc2)C(=O)Nc2ccc(F)cc2F)c(C)c1. The molecule has 0 aliphatic heterocycles. The van der Waals surface area contributed by atoms with Crippen molar-refractivity contribution in [3.05, 3.63) is 94.6 Å². The van der Waals surface area contributed by atoms with E-state index in [1.165, 1.54) is 0 Å². The Kier molecular flexibility index (Phi) is 7.06. The molecule has 3 rings (SSSR count). The molecule has 5 nitrogen and oxygen atoms in total. The maximum Gasteiger partial charge on any atom is 0.242 e. The third kappa shape index (κ3) is 5.57. The molecular formula is C24H24F2N2O3S. The number of hydrogen-bond donors (Lipinski definition) is 2. The Balaban J connectivity index is 1.94. The quantitative estimate of drug-likeness (QED) is 0.551. The normalized spacial score (nSPS) is 12.4. The molecule has 0 aromatic heterocycles. The summed E-state index contributed by atoms with van der Waals surface area (Å²) in [6, 6.07) is 13.9. The molecule has 1 atom stereocenters. The van der Waals surface area contributed by atoms with Gasteiger partial charge in [-0.2, -0.15) is 4.72 Å². The Morgan fingerprint density at radius 2 is 1.56 bits per heavy atom. The van der Waals surface area contributed by atoms with Crippen LogP contribution in [-0.2, 0) is 21.2 Å². The summed E-state index contributed by atoms with van der Waals surface area (Å²) in [4.78, 5) is 13.1. The average Bonchev–Trinajstić information content (AvgIpc) is 2.69. The van der Waals surface area contributed by atoms with Crippen LogP contribution in [0.3, 0.4) is 0 Å². The fourth-order valence-electron chi connectivity index (χ4n) is 3.69. The number of amides is 1. The number of rotatable bonds is 7. The number of halogens is 2. The smallest absolute Gasteiger partial charge is 0.242 e. The van der Waals surface area contributed by atoms with Crippen LogP contribution in [0.1, 0.15) is 22.3 Å². The van der Waals surface area contributed by atoms with Crippen LogP contribution in [0.5, 0.6) is 0 Å². The van der Waals surface area contributed by atoms with Crippen LogP contribution in [0.2, 0.25) is 0 Å². The van der Waals surface area contributed by atoms with Crippen molar-refractivity contribution in [1.82, 2.24) is 4.72 Å². The van der Waals surface area contributed by atoms with Gasteiger partial charge in [-0.05, 0) is 56.0 Å². The lowest BCUT2D eigenvalue weighted by atomic mass is 10.1.